The number of allylic oxidation sites excluding steroid dienone is 4. The van der Waals surface area contributed by atoms with Crippen molar-refractivity contribution in [2.75, 3.05) is 0 Å². The number of hydrogen-bond acceptors (Lipinski definition) is 0. The summed E-state index contributed by atoms with van der Waals surface area (Å²) in [6.45, 7) is 14.0. The summed E-state index contributed by atoms with van der Waals surface area (Å²) in [4.78, 5) is 0. The van der Waals surface area contributed by atoms with E-state index in [0.29, 0.717) is 5.04 Å². The summed E-state index contributed by atoms with van der Waals surface area (Å²) in [5.74, 6) is 0. The van der Waals surface area contributed by atoms with E-state index in [-0.39, 0.29) is 8.80 Å². The van der Waals surface area contributed by atoms with Gasteiger partial charge in [0.15, 0.2) is 0 Å². The molecule has 0 N–H and O–H groups in total. The number of hydrogen-bond donors (Lipinski definition) is 0. The Morgan fingerprint density at radius 2 is 1.67 bits per heavy atom. The third-order valence-corrected chi connectivity index (χ3v) is 6.07. The van der Waals surface area contributed by atoms with Crippen LogP contribution >= 0.6 is 0 Å². The van der Waals surface area contributed by atoms with Gasteiger partial charge in [0.05, 0.1) is 8.80 Å². The van der Waals surface area contributed by atoms with Gasteiger partial charge in [-0.2, -0.15) is 0 Å². The van der Waals surface area contributed by atoms with Crippen LogP contribution in [0, 0.1) is 0 Å². The summed E-state index contributed by atoms with van der Waals surface area (Å²) < 4.78 is 0. The molecule has 1 heteroatoms. The lowest BCUT2D eigenvalue weighted by atomic mass is 10.0. The molecule has 0 nitrogen and oxygen atoms in total. The number of rotatable bonds is 1. The highest BCUT2D eigenvalue weighted by atomic mass is 28.3. The second-order valence-corrected chi connectivity index (χ2v) is 7.32. The minimum Gasteiger partial charge on any atom is -0.0744 e. The molecule has 0 saturated carbocycles. The Morgan fingerprint density at radius 3 is 1.83 bits per heavy atom. The molecule has 0 fully saturated rings. The average molecular weight is 179 g/mol. The molecular weight excluding hydrogens is 160 g/mol. The topological polar surface area (TPSA) is 0 Å². The first-order valence-electron chi connectivity index (χ1n) is 4.58. The maximum absolute atomic E-state index is 2.46. The van der Waals surface area contributed by atoms with Gasteiger partial charge < -0.3 is 0 Å². The van der Waals surface area contributed by atoms with E-state index >= 15 is 0 Å². The van der Waals surface area contributed by atoms with E-state index in [1.165, 1.54) is 11.1 Å². The third-order valence-electron chi connectivity index (χ3n) is 3.48. The van der Waals surface area contributed by atoms with Crippen molar-refractivity contribution >= 4 is 8.80 Å². The fourth-order valence-corrected chi connectivity index (χ4v) is 3.30. The summed E-state index contributed by atoms with van der Waals surface area (Å²) in [7, 11) is -0.259. The van der Waals surface area contributed by atoms with Crippen molar-refractivity contribution in [2.24, 2.45) is 0 Å². The Hall–Kier alpha value is -0.303. The van der Waals surface area contributed by atoms with Crippen LogP contribution in [0.2, 0.25) is 18.1 Å². The predicted octanol–water partition coefficient (Wildman–Crippen LogP) is 3.80. The third kappa shape index (κ3) is 1.20. The summed E-state index contributed by atoms with van der Waals surface area (Å²) >= 11 is 0. The summed E-state index contributed by atoms with van der Waals surface area (Å²) in [6.07, 6.45) is 2.46. The molecule has 1 unspecified atom stereocenters. The lowest BCUT2D eigenvalue weighted by Crippen LogP contribution is -2.21. The van der Waals surface area contributed by atoms with Crippen LogP contribution in [0.3, 0.4) is 0 Å². The monoisotopic (exact) mass is 179 g/mol. The molecule has 0 aliphatic heterocycles. The van der Waals surface area contributed by atoms with Crippen LogP contribution in [-0.4, -0.2) is 8.80 Å². The van der Waals surface area contributed by atoms with Gasteiger partial charge in [-0.05, 0) is 31.4 Å². The Kier molecular flexibility index (Phi) is 2.35. The zero-order valence-corrected chi connectivity index (χ0v) is 10.1. The normalized spacial score (nSPS) is 30.1. The van der Waals surface area contributed by atoms with E-state index in [4.69, 9.17) is 0 Å². The van der Waals surface area contributed by atoms with Crippen molar-refractivity contribution in [1.82, 2.24) is 0 Å². The van der Waals surface area contributed by atoms with Gasteiger partial charge in [0, 0.05) is 0 Å². The molecule has 67 valence electrons. The Morgan fingerprint density at radius 1 is 1.17 bits per heavy atom. The molecule has 0 bridgehead atoms. The minimum absolute atomic E-state index is 0.259. The van der Waals surface area contributed by atoms with Crippen LogP contribution in [0.1, 0.15) is 27.7 Å². The van der Waals surface area contributed by atoms with E-state index in [2.05, 4.69) is 46.9 Å². The first kappa shape index (κ1) is 9.78. The van der Waals surface area contributed by atoms with E-state index in [9.17, 15) is 0 Å². The van der Waals surface area contributed by atoms with Gasteiger partial charge in [0.1, 0.15) is 0 Å². The molecule has 1 radical (unpaired) electrons. The second kappa shape index (κ2) is 2.88. The van der Waals surface area contributed by atoms with Gasteiger partial charge in [-0.15, -0.1) is 0 Å². The molecule has 0 aromatic heterocycles. The van der Waals surface area contributed by atoms with Gasteiger partial charge >= 0.3 is 0 Å². The Balaban J connectivity index is 3.14. The molecular formula is C11H19Si. The SMILES string of the molecule is CC1=CC(C)([Si](C)C)C(C)=C1C. The highest BCUT2D eigenvalue weighted by Crippen LogP contribution is 2.48. The van der Waals surface area contributed by atoms with Crippen LogP contribution in [0.5, 0.6) is 0 Å². The van der Waals surface area contributed by atoms with Gasteiger partial charge in [-0.1, -0.05) is 37.2 Å². The van der Waals surface area contributed by atoms with Crippen LogP contribution in [0.25, 0.3) is 0 Å². The van der Waals surface area contributed by atoms with Crippen LogP contribution in [0.15, 0.2) is 22.8 Å². The second-order valence-electron chi connectivity index (χ2n) is 4.28. The standard InChI is InChI=1S/C11H19Si/c1-8-7-11(4,12(5)6)10(3)9(8)2/h7H,1-6H3. The fraction of sp³-hybridized carbons (Fsp3) is 0.636. The van der Waals surface area contributed by atoms with Gasteiger partial charge in [-0.3, -0.25) is 0 Å². The zero-order valence-electron chi connectivity index (χ0n) is 9.08. The van der Waals surface area contributed by atoms with E-state index < -0.39 is 0 Å². The fourth-order valence-electron chi connectivity index (χ4n) is 1.85. The van der Waals surface area contributed by atoms with E-state index in [0.717, 1.165) is 0 Å². The summed E-state index contributed by atoms with van der Waals surface area (Å²) in [5, 5.41) is 0.416. The largest absolute Gasteiger partial charge is 0.0744 e. The quantitative estimate of drug-likeness (QED) is 0.537. The molecule has 1 atom stereocenters. The van der Waals surface area contributed by atoms with Crippen molar-refractivity contribution in [2.45, 2.75) is 45.8 Å². The highest BCUT2D eigenvalue weighted by molar-refractivity contribution is 6.61. The predicted molar refractivity (Wildman–Crippen MR) is 58.0 cm³/mol. The van der Waals surface area contributed by atoms with Gasteiger partial charge in [-0.25, -0.2) is 0 Å². The highest BCUT2D eigenvalue weighted by Gasteiger charge is 2.34. The molecule has 1 aliphatic rings. The van der Waals surface area contributed by atoms with Crippen molar-refractivity contribution in [1.29, 1.82) is 0 Å². The van der Waals surface area contributed by atoms with Gasteiger partial charge in [0.2, 0.25) is 0 Å². The zero-order chi connectivity index (χ0) is 9.52. The van der Waals surface area contributed by atoms with E-state index in [1.807, 2.05) is 0 Å². The smallest absolute Gasteiger partial charge is 0.0581 e. The molecule has 0 saturated heterocycles. The minimum atomic E-state index is -0.259. The molecule has 1 rings (SSSR count). The summed E-state index contributed by atoms with van der Waals surface area (Å²) in [5.41, 5.74) is 4.60. The van der Waals surface area contributed by atoms with Crippen LogP contribution < -0.4 is 0 Å². The lowest BCUT2D eigenvalue weighted by molar-refractivity contribution is 0.873. The molecule has 12 heavy (non-hydrogen) atoms. The average Bonchev–Trinajstić information content (AvgIpc) is 2.17. The molecule has 0 amide bonds. The van der Waals surface area contributed by atoms with Crippen molar-refractivity contribution in [3.63, 3.8) is 0 Å². The molecule has 0 aromatic carbocycles. The molecule has 0 aromatic rings. The van der Waals surface area contributed by atoms with E-state index in [1.54, 1.807) is 5.57 Å². The van der Waals surface area contributed by atoms with Crippen LogP contribution in [-0.2, 0) is 0 Å². The van der Waals surface area contributed by atoms with Crippen molar-refractivity contribution < 1.29 is 0 Å². The van der Waals surface area contributed by atoms with Crippen molar-refractivity contribution in [3.8, 4) is 0 Å². The first-order valence-corrected chi connectivity index (χ1v) is 7.08. The van der Waals surface area contributed by atoms with Crippen LogP contribution in [0.4, 0.5) is 0 Å². The maximum Gasteiger partial charge on any atom is 0.0581 e. The maximum atomic E-state index is 2.46. The Labute approximate surface area is 78.0 Å². The Bertz CT molecular complexity index is 258. The molecule has 0 heterocycles. The van der Waals surface area contributed by atoms with Crippen molar-refractivity contribution in [3.05, 3.63) is 22.8 Å². The first-order chi connectivity index (χ1) is 5.39. The molecule has 1 aliphatic carbocycles. The lowest BCUT2D eigenvalue weighted by Gasteiger charge is -2.28. The summed E-state index contributed by atoms with van der Waals surface area (Å²) in [6, 6.07) is 0. The van der Waals surface area contributed by atoms with Gasteiger partial charge in [0.25, 0.3) is 0 Å². The molecule has 0 spiro atoms.